The van der Waals surface area contributed by atoms with E-state index in [1.165, 1.54) is 7.05 Å². The van der Waals surface area contributed by atoms with Crippen LogP contribution < -0.4 is 21.5 Å². The van der Waals surface area contributed by atoms with Gasteiger partial charge in [-0.2, -0.15) is 0 Å². The molecular formula is C25H40N6O5S. The molecule has 0 saturated carbocycles. The predicted molar refractivity (Wildman–Crippen MR) is 144 cm³/mol. The number of nitrogens with two attached hydrogens (primary N) is 2. The van der Waals surface area contributed by atoms with E-state index in [0.717, 1.165) is 11.3 Å². The molecule has 0 heterocycles. The highest BCUT2D eigenvalue weighted by Crippen LogP contribution is 2.11. The standard InChI is InChI=1S/C25H40N6O5S/c1-19(26)10-6-7-13-21(17-32)29-24(33)16-31(2)25(34)22(14-8-9-15-23(27)28)30-37(35,36)18-20-11-4-3-5-12-20/h3-5,11-12,17,21-22,30H,1,6-10,13-16,18,26H2,2H3,(H3,27,28)(H,29,33)/t21-,22+/m0/s1. The highest BCUT2D eigenvalue weighted by atomic mass is 32.2. The molecule has 0 aliphatic heterocycles. The Bertz CT molecular complexity index is 1020. The Hall–Kier alpha value is -3.25. The average Bonchev–Trinajstić information content (AvgIpc) is 2.82. The Morgan fingerprint density at radius 1 is 1.08 bits per heavy atom. The van der Waals surface area contributed by atoms with Crippen molar-refractivity contribution >= 4 is 34.0 Å². The first-order chi connectivity index (χ1) is 17.4. The lowest BCUT2D eigenvalue weighted by Crippen LogP contribution is -2.50. The van der Waals surface area contributed by atoms with Crippen molar-refractivity contribution < 1.29 is 22.8 Å². The molecule has 1 aromatic carbocycles. The Kier molecular flexibility index (Phi) is 14.2. The lowest BCUT2D eigenvalue weighted by molar-refractivity contribution is -0.136. The van der Waals surface area contributed by atoms with E-state index < -0.39 is 33.9 Å². The Balaban J connectivity index is 2.78. The lowest BCUT2D eigenvalue weighted by atomic mass is 10.1. The molecule has 1 rings (SSSR count). The van der Waals surface area contributed by atoms with Gasteiger partial charge in [-0.3, -0.25) is 15.0 Å². The second-order valence-electron chi connectivity index (χ2n) is 9.09. The summed E-state index contributed by atoms with van der Waals surface area (Å²) in [5, 5.41) is 9.93. The number of aldehydes is 1. The summed E-state index contributed by atoms with van der Waals surface area (Å²) in [6, 6.07) is 6.78. The number of allylic oxidation sites excluding steroid dienone is 1. The van der Waals surface area contributed by atoms with Crippen LogP contribution in [0.5, 0.6) is 0 Å². The number of benzene rings is 1. The van der Waals surface area contributed by atoms with Gasteiger partial charge < -0.3 is 26.5 Å². The monoisotopic (exact) mass is 536 g/mol. The molecule has 0 aromatic heterocycles. The van der Waals surface area contributed by atoms with Crippen molar-refractivity contribution in [2.75, 3.05) is 13.6 Å². The third-order valence-corrected chi connectivity index (χ3v) is 6.90. The molecule has 0 bridgehead atoms. The molecule has 2 amide bonds. The van der Waals surface area contributed by atoms with Crippen LogP contribution in [0, 0.1) is 5.41 Å². The van der Waals surface area contributed by atoms with Crippen LogP contribution in [-0.2, 0) is 30.2 Å². The molecular weight excluding hydrogens is 496 g/mol. The van der Waals surface area contributed by atoms with E-state index in [1.807, 2.05) is 0 Å². The van der Waals surface area contributed by atoms with Gasteiger partial charge in [0.2, 0.25) is 21.8 Å². The number of amides is 2. The predicted octanol–water partition coefficient (Wildman–Crippen LogP) is 1.15. The fourth-order valence-electron chi connectivity index (χ4n) is 3.65. The molecule has 11 nitrogen and oxygen atoms in total. The van der Waals surface area contributed by atoms with E-state index >= 15 is 0 Å². The van der Waals surface area contributed by atoms with Crippen molar-refractivity contribution in [1.82, 2.24) is 14.9 Å². The van der Waals surface area contributed by atoms with Crippen molar-refractivity contribution in [2.45, 2.75) is 69.2 Å². The smallest absolute Gasteiger partial charge is 0.240 e. The van der Waals surface area contributed by atoms with E-state index in [9.17, 15) is 22.8 Å². The van der Waals surface area contributed by atoms with E-state index in [0.29, 0.717) is 56.1 Å². The van der Waals surface area contributed by atoms with Crippen LogP contribution >= 0.6 is 0 Å². The Morgan fingerprint density at radius 3 is 2.30 bits per heavy atom. The second kappa shape index (κ2) is 16.5. The van der Waals surface area contributed by atoms with Crippen LogP contribution in [0.25, 0.3) is 0 Å². The second-order valence-corrected chi connectivity index (χ2v) is 10.8. The molecule has 0 unspecified atom stereocenters. The molecule has 1 aromatic rings. The summed E-state index contributed by atoms with van der Waals surface area (Å²) in [7, 11) is -2.46. The van der Waals surface area contributed by atoms with Crippen molar-refractivity contribution in [3.63, 3.8) is 0 Å². The minimum Gasteiger partial charge on any atom is -0.403 e. The maximum absolute atomic E-state index is 13.1. The number of carbonyl (C=O) groups excluding carboxylic acids is 3. The van der Waals surface area contributed by atoms with Gasteiger partial charge >= 0.3 is 0 Å². The average molecular weight is 537 g/mol. The van der Waals surface area contributed by atoms with Crippen molar-refractivity contribution in [1.29, 1.82) is 5.41 Å². The Morgan fingerprint density at radius 2 is 1.70 bits per heavy atom. The fourth-order valence-corrected chi connectivity index (χ4v) is 5.02. The molecule has 7 N–H and O–H groups in total. The molecule has 37 heavy (non-hydrogen) atoms. The number of carbonyl (C=O) groups is 3. The van der Waals surface area contributed by atoms with Crippen molar-refractivity contribution in [3.8, 4) is 0 Å². The molecule has 2 atom stereocenters. The summed E-state index contributed by atoms with van der Waals surface area (Å²) >= 11 is 0. The van der Waals surface area contributed by atoms with Crippen LogP contribution in [0.1, 0.15) is 56.9 Å². The number of nitrogens with zero attached hydrogens (tertiary/aromatic N) is 1. The maximum atomic E-state index is 13.1. The number of unbranched alkanes of at least 4 members (excludes halogenated alkanes) is 2. The highest BCUT2D eigenvalue weighted by Gasteiger charge is 2.28. The minimum absolute atomic E-state index is 0.0130. The van der Waals surface area contributed by atoms with Crippen LogP contribution in [0.15, 0.2) is 42.6 Å². The Labute approximate surface area is 219 Å². The van der Waals surface area contributed by atoms with Gasteiger partial charge in [0.1, 0.15) is 12.3 Å². The van der Waals surface area contributed by atoms with E-state index in [1.54, 1.807) is 30.3 Å². The zero-order valence-corrected chi connectivity index (χ0v) is 22.3. The normalized spacial score (nSPS) is 12.8. The van der Waals surface area contributed by atoms with Gasteiger partial charge in [0.25, 0.3) is 0 Å². The van der Waals surface area contributed by atoms with E-state index in [2.05, 4.69) is 16.6 Å². The van der Waals surface area contributed by atoms with Gasteiger partial charge in [0, 0.05) is 19.2 Å². The molecule has 0 spiro atoms. The maximum Gasteiger partial charge on any atom is 0.240 e. The summed E-state index contributed by atoms with van der Waals surface area (Å²) in [5.74, 6) is -1.38. The van der Waals surface area contributed by atoms with Crippen molar-refractivity contribution in [3.05, 3.63) is 48.2 Å². The van der Waals surface area contributed by atoms with Gasteiger partial charge in [-0.25, -0.2) is 13.1 Å². The summed E-state index contributed by atoms with van der Waals surface area (Å²) in [6.45, 7) is 3.28. The lowest BCUT2D eigenvalue weighted by Gasteiger charge is -2.25. The first-order valence-electron chi connectivity index (χ1n) is 12.2. The number of sulfonamides is 1. The van der Waals surface area contributed by atoms with Crippen LogP contribution in [0.3, 0.4) is 0 Å². The summed E-state index contributed by atoms with van der Waals surface area (Å²) in [4.78, 5) is 38.1. The minimum atomic E-state index is -3.86. The number of nitrogens with one attached hydrogen (secondary N) is 3. The third kappa shape index (κ3) is 14.2. The number of hydrogen-bond acceptors (Lipinski definition) is 7. The number of amidine groups is 1. The highest BCUT2D eigenvalue weighted by molar-refractivity contribution is 7.88. The molecule has 0 aliphatic rings. The number of hydrogen-bond donors (Lipinski definition) is 5. The van der Waals surface area contributed by atoms with Crippen LogP contribution in [0.4, 0.5) is 0 Å². The summed E-state index contributed by atoms with van der Waals surface area (Å²) in [5.41, 5.74) is 12.0. The zero-order valence-electron chi connectivity index (χ0n) is 21.4. The fraction of sp³-hybridized carbons (Fsp3) is 0.520. The van der Waals surface area contributed by atoms with E-state index in [4.69, 9.17) is 16.9 Å². The first-order valence-corrected chi connectivity index (χ1v) is 13.9. The third-order valence-electron chi connectivity index (χ3n) is 5.54. The van der Waals surface area contributed by atoms with Crippen molar-refractivity contribution in [2.24, 2.45) is 11.5 Å². The molecule has 206 valence electrons. The number of rotatable bonds is 19. The molecule has 0 saturated heterocycles. The number of likely N-dealkylation sites (N-methyl/N-ethyl adjacent to an activating group) is 1. The summed E-state index contributed by atoms with van der Waals surface area (Å²) in [6.07, 6.45) is 4.59. The molecule has 12 heteroatoms. The SMILES string of the molecule is C=C(N)CCCC[C@@H](C=O)NC(=O)CN(C)C(=O)[C@@H](CCCCC(=N)N)NS(=O)(=O)Cc1ccccc1. The molecule has 0 aliphatic carbocycles. The van der Waals surface area contributed by atoms with Gasteiger partial charge in [-0.15, -0.1) is 0 Å². The van der Waals surface area contributed by atoms with Gasteiger partial charge in [0.05, 0.1) is 24.2 Å². The summed E-state index contributed by atoms with van der Waals surface area (Å²) < 4.78 is 28.0. The zero-order chi connectivity index (χ0) is 27.8. The van der Waals surface area contributed by atoms with Gasteiger partial charge in [0.15, 0.2) is 0 Å². The van der Waals surface area contributed by atoms with Gasteiger partial charge in [-0.05, 0) is 37.7 Å². The van der Waals surface area contributed by atoms with Crippen LogP contribution in [0.2, 0.25) is 0 Å². The molecule has 0 radical (unpaired) electrons. The quantitative estimate of drug-likeness (QED) is 0.0758. The largest absolute Gasteiger partial charge is 0.403 e. The van der Waals surface area contributed by atoms with Crippen LogP contribution in [-0.4, -0.2) is 62.9 Å². The first kappa shape index (κ1) is 31.8. The molecule has 0 fully saturated rings. The van der Waals surface area contributed by atoms with E-state index in [-0.39, 0.29) is 24.6 Å². The topological polar surface area (TPSA) is 189 Å². The van der Waals surface area contributed by atoms with Gasteiger partial charge in [-0.1, -0.05) is 49.8 Å².